The van der Waals surface area contributed by atoms with E-state index in [1.54, 1.807) is 0 Å². The lowest BCUT2D eigenvalue weighted by molar-refractivity contribution is 0.338. The monoisotopic (exact) mass is 208 g/mol. The number of nitrogens with two attached hydrogens (primary N) is 1. The minimum absolute atomic E-state index is 0.0552. The molecular weight excluding hydrogens is 184 g/mol. The van der Waals surface area contributed by atoms with Gasteiger partial charge in [0.2, 0.25) is 0 Å². The van der Waals surface area contributed by atoms with Gasteiger partial charge in [0.1, 0.15) is 0 Å². The van der Waals surface area contributed by atoms with Crippen LogP contribution in [0.4, 0.5) is 0 Å². The Morgan fingerprint density at radius 2 is 1.93 bits per heavy atom. The molecule has 0 amide bonds. The van der Waals surface area contributed by atoms with Crippen molar-refractivity contribution in [1.82, 2.24) is 5.32 Å². The van der Waals surface area contributed by atoms with Crippen LogP contribution in [0, 0.1) is 17.3 Å². The van der Waals surface area contributed by atoms with Crippen LogP contribution in [0.5, 0.6) is 0 Å². The van der Waals surface area contributed by atoms with E-state index in [-0.39, 0.29) is 5.54 Å². The van der Waals surface area contributed by atoms with E-state index in [0.29, 0.717) is 0 Å². The Labute approximate surface area is 93.0 Å². The summed E-state index contributed by atoms with van der Waals surface area (Å²) in [4.78, 5) is 0. The van der Waals surface area contributed by atoms with Crippen molar-refractivity contribution >= 4 is 0 Å². The lowest BCUT2D eigenvalue weighted by Crippen LogP contribution is -2.49. The molecule has 3 N–H and O–H groups in total. The molecule has 2 nitrogen and oxygen atoms in total. The van der Waals surface area contributed by atoms with Crippen molar-refractivity contribution in [2.24, 2.45) is 23.0 Å². The summed E-state index contributed by atoms with van der Waals surface area (Å²) in [5, 5.41) is 3.65. The summed E-state index contributed by atoms with van der Waals surface area (Å²) < 4.78 is 0. The molecule has 86 valence electrons. The van der Waals surface area contributed by atoms with Gasteiger partial charge < -0.3 is 11.1 Å². The standard InChI is InChI=1S/C13H24N2/c1-12(14,10-2-3-10)8-15-9-13(6-7-13)11-4-5-11/h10-11,15H,2-9,14H2,1H3. The summed E-state index contributed by atoms with van der Waals surface area (Å²) in [6, 6.07) is 0. The van der Waals surface area contributed by atoms with E-state index < -0.39 is 0 Å². The van der Waals surface area contributed by atoms with E-state index in [1.807, 2.05) is 0 Å². The van der Waals surface area contributed by atoms with Gasteiger partial charge in [-0.1, -0.05) is 0 Å². The van der Waals surface area contributed by atoms with Gasteiger partial charge in [-0.15, -0.1) is 0 Å². The highest BCUT2D eigenvalue weighted by molar-refractivity contribution is 5.06. The Morgan fingerprint density at radius 3 is 2.40 bits per heavy atom. The highest BCUT2D eigenvalue weighted by Crippen LogP contribution is 2.60. The normalized spacial score (nSPS) is 32.4. The molecule has 0 spiro atoms. The first-order chi connectivity index (χ1) is 7.12. The molecule has 15 heavy (non-hydrogen) atoms. The quantitative estimate of drug-likeness (QED) is 0.699. The molecule has 1 unspecified atom stereocenters. The Hall–Kier alpha value is -0.0800. The van der Waals surface area contributed by atoms with E-state index in [4.69, 9.17) is 5.73 Å². The van der Waals surface area contributed by atoms with Crippen LogP contribution < -0.4 is 11.1 Å². The number of rotatable bonds is 6. The van der Waals surface area contributed by atoms with Crippen LogP contribution in [-0.4, -0.2) is 18.6 Å². The van der Waals surface area contributed by atoms with Crippen molar-refractivity contribution in [1.29, 1.82) is 0 Å². The Morgan fingerprint density at radius 1 is 1.27 bits per heavy atom. The van der Waals surface area contributed by atoms with Crippen LogP contribution in [0.15, 0.2) is 0 Å². The third kappa shape index (κ3) is 2.07. The van der Waals surface area contributed by atoms with E-state index >= 15 is 0 Å². The first-order valence-electron chi connectivity index (χ1n) is 6.62. The zero-order valence-electron chi connectivity index (χ0n) is 9.89. The summed E-state index contributed by atoms with van der Waals surface area (Å²) in [5.74, 6) is 1.86. The van der Waals surface area contributed by atoms with Gasteiger partial charge >= 0.3 is 0 Å². The second-order valence-corrected chi connectivity index (χ2v) is 6.52. The Balaban J connectivity index is 1.42. The van der Waals surface area contributed by atoms with Crippen LogP contribution >= 0.6 is 0 Å². The molecule has 3 fully saturated rings. The summed E-state index contributed by atoms with van der Waals surface area (Å²) in [7, 11) is 0. The van der Waals surface area contributed by atoms with Gasteiger partial charge in [0.05, 0.1) is 0 Å². The molecule has 3 aliphatic carbocycles. The zero-order valence-corrected chi connectivity index (χ0v) is 9.89. The molecule has 0 heterocycles. The Bertz CT molecular complexity index is 233. The van der Waals surface area contributed by atoms with Gasteiger partial charge in [0.15, 0.2) is 0 Å². The molecule has 2 heteroatoms. The fourth-order valence-electron chi connectivity index (χ4n) is 3.05. The molecule has 3 aliphatic rings. The first-order valence-corrected chi connectivity index (χ1v) is 6.62. The Kier molecular flexibility index (Phi) is 2.16. The molecule has 0 aromatic heterocycles. The first kappa shape index (κ1) is 10.1. The summed E-state index contributed by atoms with van der Waals surface area (Å²) in [6.45, 7) is 4.47. The zero-order chi connectivity index (χ0) is 10.5. The maximum Gasteiger partial charge on any atom is 0.0280 e. The molecule has 0 saturated heterocycles. The van der Waals surface area contributed by atoms with Crippen molar-refractivity contribution < 1.29 is 0 Å². The number of hydrogen-bond donors (Lipinski definition) is 2. The molecule has 0 radical (unpaired) electrons. The van der Waals surface area contributed by atoms with Crippen molar-refractivity contribution in [2.75, 3.05) is 13.1 Å². The smallest absolute Gasteiger partial charge is 0.0280 e. The van der Waals surface area contributed by atoms with Crippen LogP contribution in [-0.2, 0) is 0 Å². The summed E-state index contributed by atoms with van der Waals surface area (Å²) in [5.41, 5.74) is 7.08. The molecular formula is C13H24N2. The van der Waals surface area contributed by atoms with Gasteiger partial charge in [0, 0.05) is 18.6 Å². The highest BCUT2D eigenvalue weighted by Gasteiger charge is 2.53. The van der Waals surface area contributed by atoms with Crippen molar-refractivity contribution in [3.05, 3.63) is 0 Å². The third-order valence-corrected chi connectivity index (χ3v) is 4.83. The van der Waals surface area contributed by atoms with Crippen LogP contribution in [0.1, 0.15) is 45.4 Å². The molecule has 0 aromatic carbocycles. The number of nitrogens with one attached hydrogen (secondary N) is 1. The van der Waals surface area contributed by atoms with Crippen LogP contribution in [0.25, 0.3) is 0 Å². The van der Waals surface area contributed by atoms with Crippen LogP contribution in [0.3, 0.4) is 0 Å². The van der Waals surface area contributed by atoms with Crippen LogP contribution in [0.2, 0.25) is 0 Å². The lowest BCUT2D eigenvalue weighted by atomic mass is 9.96. The van der Waals surface area contributed by atoms with E-state index in [2.05, 4.69) is 12.2 Å². The van der Waals surface area contributed by atoms with Gasteiger partial charge in [-0.05, 0) is 62.7 Å². The molecule has 0 bridgehead atoms. The molecule has 3 rings (SSSR count). The summed E-state index contributed by atoms with van der Waals surface area (Å²) in [6.07, 6.45) is 8.62. The van der Waals surface area contributed by atoms with Crippen molar-refractivity contribution in [3.63, 3.8) is 0 Å². The molecule has 1 atom stereocenters. The van der Waals surface area contributed by atoms with Gasteiger partial charge in [-0.3, -0.25) is 0 Å². The maximum absolute atomic E-state index is 6.30. The minimum Gasteiger partial charge on any atom is -0.324 e. The van der Waals surface area contributed by atoms with E-state index in [9.17, 15) is 0 Å². The predicted molar refractivity (Wildman–Crippen MR) is 62.6 cm³/mol. The topological polar surface area (TPSA) is 38.0 Å². The van der Waals surface area contributed by atoms with Crippen molar-refractivity contribution in [2.45, 2.75) is 51.0 Å². The maximum atomic E-state index is 6.30. The second-order valence-electron chi connectivity index (χ2n) is 6.52. The molecule has 3 saturated carbocycles. The highest BCUT2D eigenvalue weighted by atomic mass is 15.0. The second kappa shape index (κ2) is 3.21. The molecule has 0 aliphatic heterocycles. The average Bonchev–Trinajstić information content (AvgIpc) is 2.91. The minimum atomic E-state index is 0.0552. The van der Waals surface area contributed by atoms with E-state index in [1.165, 1.54) is 45.1 Å². The van der Waals surface area contributed by atoms with Gasteiger partial charge in [-0.25, -0.2) is 0 Å². The predicted octanol–water partition coefficient (Wildman–Crippen LogP) is 1.89. The lowest BCUT2D eigenvalue weighted by Gasteiger charge is -2.26. The largest absolute Gasteiger partial charge is 0.324 e. The fourth-order valence-corrected chi connectivity index (χ4v) is 3.05. The van der Waals surface area contributed by atoms with Gasteiger partial charge in [0.25, 0.3) is 0 Å². The van der Waals surface area contributed by atoms with Gasteiger partial charge in [-0.2, -0.15) is 0 Å². The fraction of sp³-hybridized carbons (Fsp3) is 1.00. The average molecular weight is 208 g/mol. The summed E-state index contributed by atoms with van der Waals surface area (Å²) >= 11 is 0. The SMILES string of the molecule is CC(N)(CNCC1(C2CC2)CC1)C1CC1. The molecule has 0 aromatic rings. The van der Waals surface area contributed by atoms with Crippen molar-refractivity contribution in [3.8, 4) is 0 Å². The van der Waals surface area contributed by atoms with E-state index in [0.717, 1.165) is 23.8 Å². The number of hydrogen-bond acceptors (Lipinski definition) is 2. The third-order valence-electron chi connectivity index (χ3n) is 4.83.